The van der Waals surface area contributed by atoms with E-state index in [1.807, 2.05) is 0 Å². The third-order valence-corrected chi connectivity index (χ3v) is 6.81. The number of rotatable bonds is 3. The summed E-state index contributed by atoms with van der Waals surface area (Å²) in [7, 11) is -3.61. The Bertz CT molecular complexity index is 720. The second-order valence-electron chi connectivity index (χ2n) is 6.06. The number of nitrogens with zero attached hydrogens (tertiary/aromatic N) is 1. The van der Waals surface area contributed by atoms with Crippen LogP contribution in [0.25, 0.3) is 0 Å². The fourth-order valence-corrected chi connectivity index (χ4v) is 5.52. The number of halogens is 2. The van der Waals surface area contributed by atoms with Crippen molar-refractivity contribution < 1.29 is 13.2 Å². The quantitative estimate of drug-likeness (QED) is 0.766. The molecule has 2 fully saturated rings. The molecule has 0 bridgehead atoms. The molecule has 9 heteroatoms. The first kappa shape index (κ1) is 18.7. The van der Waals surface area contributed by atoms with Gasteiger partial charge in [0.15, 0.2) is 0 Å². The Balaban J connectivity index is 0.00000192. The highest BCUT2D eigenvalue weighted by Crippen LogP contribution is 2.38. The van der Waals surface area contributed by atoms with E-state index in [2.05, 4.69) is 21.2 Å². The van der Waals surface area contributed by atoms with Crippen molar-refractivity contribution in [3.8, 4) is 0 Å². The van der Waals surface area contributed by atoms with E-state index >= 15 is 0 Å². The Morgan fingerprint density at radius 1 is 1.30 bits per heavy atom. The van der Waals surface area contributed by atoms with Crippen LogP contribution in [-0.4, -0.2) is 44.8 Å². The summed E-state index contributed by atoms with van der Waals surface area (Å²) in [4.78, 5) is 11.5. The lowest BCUT2D eigenvalue weighted by Crippen LogP contribution is -2.33. The van der Waals surface area contributed by atoms with Crippen LogP contribution in [0.5, 0.6) is 0 Å². The van der Waals surface area contributed by atoms with E-state index < -0.39 is 15.9 Å². The molecular weight excluding hydrogens is 406 g/mol. The Morgan fingerprint density at radius 3 is 2.65 bits per heavy atom. The van der Waals surface area contributed by atoms with Gasteiger partial charge in [0.05, 0.1) is 4.90 Å². The predicted molar refractivity (Wildman–Crippen MR) is 93.2 cm³/mol. The van der Waals surface area contributed by atoms with E-state index in [1.54, 1.807) is 0 Å². The average molecular weight is 425 g/mol. The van der Waals surface area contributed by atoms with Crippen LogP contribution in [0.3, 0.4) is 0 Å². The molecule has 1 spiro atoms. The zero-order valence-corrected chi connectivity index (χ0v) is 15.6. The van der Waals surface area contributed by atoms with Gasteiger partial charge in [-0.1, -0.05) is 15.9 Å². The maximum absolute atomic E-state index is 12.8. The van der Waals surface area contributed by atoms with Crippen LogP contribution in [0, 0.1) is 5.41 Å². The van der Waals surface area contributed by atoms with Crippen molar-refractivity contribution in [3.05, 3.63) is 28.2 Å². The summed E-state index contributed by atoms with van der Waals surface area (Å²) >= 11 is 3.24. The van der Waals surface area contributed by atoms with Gasteiger partial charge in [-0.3, -0.25) is 4.79 Å². The summed E-state index contributed by atoms with van der Waals surface area (Å²) in [6, 6.07) is 4.38. The average Bonchev–Trinajstić information content (AvgIpc) is 3.09. The first-order valence-electron chi connectivity index (χ1n) is 7.14. The van der Waals surface area contributed by atoms with Gasteiger partial charge in [0.2, 0.25) is 15.9 Å². The smallest absolute Gasteiger partial charge is 0.248 e. The first-order chi connectivity index (χ1) is 10.3. The van der Waals surface area contributed by atoms with Gasteiger partial charge in [-0.05, 0) is 43.0 Å². The van der Waals surface area contributed by atoms with Crippen molar-refractivity contribution in [2.45, 2.75) is 17.7 Å². The molecule has 1 unspecified atom stereocenters. The molecule has 2 aliphatic rings. The largest absolute Gasteiger partial charge is 0.366 e. The summed E-state index contributed by atoms with van der Waals surface area (Å²) in [6.07, 6.45) is 1.87. The summed E-state index contributed by atoms with van der Waals surface area (Å²) < 4.78 is 27.7. The number of nitrogens with one attached hydrogen (secondary N) is 1. The lowest BCUT2D eigenvalue weighted by atomic mass is 9.87. The molecular formula is C14H19BrClN3O3S. The van der Waals surface area contributed by atoms with Gasteiger partial charge in [0.1, 0.15) is 0 Å². The molecule has 1 aromatic carbocycles. The molecule has 2 aliphatic heterocycles. The lowest BCUT2D eigenvalue weighted by Gasteiger charge is -2.22. The van der Waals surface area contributed by atoms with E-state index in [0.717, 1.165) is 25.9 Å². The molecule has 0 saturated carbocycles. The number of primary amides is 1. The Hall–Kier alpha value is -0.670. The molecule has 0 aromatic heterocycles. The maximum Gasteiger partial charge on any atom is 0.248 e. The maximum atomic E-state index is 12.8. The van der Waals surface area contributed by atoms with Crippen molar-refractivity contribution in [2.75, 3.05) is 26.2 Å². The normalized spacial score (nSPS) is 24.7. The molecule has 23 heavy (non-hydrogen) atoms. The fraction of sp³-hybridized carbons (Fsp3) is 0.500. The van der Waals surface area contributed by atoms with Crippen LogP contribution in [0.15, 0.2) is 27.6 Å². The standard InChI is InChI=1S/C14H18BrN3O3S.ClH/c15-11-5-10(13(16)19)6-12(7-11)22(20,21)18-4-2-14(9-18)1-3-17-8-14;/h5-7,17H,1-4,8-9H2,(H2,16,19);1H. The van der Waals surface area contributed by atoms with Gasteiger partial charge < -0.3 is 11.1 Å². The van der Waals surface area contributed by atoms with E-state index in [1.165, 1.54) is 22.5 Å². The molecule has 1 aromatic rings. The molecule has 1 atom stereocenters. The third-order valence-electron chi connectivity index (χ3n) is 4.53. The van der Waals surface area contributed by atoms with Crippen LogP contribution in [0.4, 0.5) is 0 Å². The molecule has 2 heterocycles. The van der Waals surface area contributed by atoms with Gasteiger partial charge in [0.25, 0.3) is 0 Å². The molecule has 0 radical (unpaired) electrons. The highest BCUT2D eigenvalue weighted by atomic mass is 79.9. The van der Waals surface area contributed by atoms with Crippen LogP contribution in [0.2, 0.25) is 0 Å². The molecule has 2 saturated heterocycles. The predicted octanol–water partition coefficient (Wildman–Crippen LogP) is 1.34. The number of nitrogens with two attached hydrogens (primary N) is 1. The lowest BCUT2D eigenvalue weighted by molar-refractivity contribution is 0.1000. The van der Waals surface area contributed by atoms with E-state index in [9.17, 15) is 13.2 Å². The zero-order valence-electron chi connectivity index (χ0n) is 12.4. The van der Waals surface area contributed by atoms with Crippen LogP contribution < -0.4 is 11.1 Å². The van der Waals surface area contributed by atoms with Crippen molar-refractivity contribution in [2.24, 2.45) is 11.1 Å². The summed E-state index contributed by atoms with van der Waals surface area (Å²) in [5.74, 6) is -0.643. The summed E-state index contributed by atoms with van der Waals surface area (Å²) in [5.41, 5.74) is 5.51. The number of hydrogen-bond donors (Lipinski definition) is 2. The number of benzene rings is 1. The molecule has 6 nitrogen and oxygen atoms in total. The van der Waals surface area contributed by atoms with Gasteiger partial charge in [-0.25, -0.2) is 8.42 Å². The number of sulfonamides is 1. The van der Waals surface area contributed by atoms with Crippen LogP contribution in [0.1, 0.15) is 23.2 Å². The molecule has 1 amide bonds. The van der Waals surface area contributed by atoms with Gasteiger partial charge in [0, 0.05) is 29.7 Å². The monoisotopic (exact) mass is 423 g/mol. The highest BCUT2D eigenvalue weighted by Gasteiger charge is 2.44. The minimum Gasteiger partial charge on any atom is -0.366 e. The molecule has 0 aliphatic carbocycles. The van der Waals surface area contributed by atoms with Gasteiger partial charge >= 0.3 is 0 Å². The fourth-order valence-electron chi connectivity index (χ4n) is 3.25. The van der Waals surface area contributed by atoms with Crippen LogP contribution in [-0.2, 0) is 10.0 Å². The molecule has 128 valence electrons. The van der Waals surface area contributed by atoms with Crippen molar-refractivity contribution in [1.29, 1.82) is 0 Å². The second-order valence-corrected chi connectivity index (χ2v) is 8.91. The molecule has 3 N–H and O–H groups in total. The SMILES string of the molecule is Cl.NC(=O)c1cc(Br)cc(S(=O)(=O)N2CCC3(CCNC3)C2)c1. The minimum absolute atomic E-state index is 0. The van der Waals surface area contributed by atoms with Gasteiger partial charge in [-0.15, -0.1) is 12.4 Å². The van der Waals surface area contributed by atoms with E-state index in [4.69, 9.17) is 5.73 Å². The third kappa shape index (κ3) is 3.56. The van der Waals surface area contributed by atoms with Gasteiger partial charge in [-0.2, -0.15) is 4.31 Å². The van der Waals surface area contributed by atoms with E-state index in [0.29, 0.717) is 17.6 Å². The number of carbonyl (C=O) groups is 1. The Morgan fingerprint density at radius 2 is 2.04 bits per heavy atom. The highest BCUT2D eigenvalue weighted by molar-refractivity contribution is 9.10. The second kappa shape index (κ2) is 6.68. The van der Waals surface area contributed by atoms with Crippen LogP contribution >= 0.6 is 28.3 Å². The number of carbonyl (C=O) groups excluding carboxylic acids is 1. The first-order valence-corrected chi connectivity index (χ1v) is 9.37. The van der Waals surface area contributed by atoms with E-state index in [-0.39, 0.29) is 28.3 Å². The van der Waals surface area contributed by atoms with Crippen molar-refractivity contribution in [1.82, 2.24) is 9.62 Å². The van der Waals surface area contributed by atoms with Crippen molar-refractivity contribution >= 4 is 44.3 Å². The summed E-state index contributed by atoms with van der Waals surface area (Å²) in [6.45, 7) is 2.85. The number of amides is 1. The topological polar surface area (TPSA) is 92.5 Å². The zero-order chi connectivity index (χ0) is 16.0. The molecule has 3 rings (SSSR count). The Kier molecular flexibility index (Phi) is 5.42. The Labute approximate surface area is 150 Å². The number of hydrogen-bond acceptors (Lipinski definition) is 4. The summed E-state index contributed by atoms with van der Waals surface area (Å²) in [5, 5.41) is 3.31. The minimum atomic E-state index is -3.61. The van der Waals surface area contributed by atoms with Crippen molar-refractivity contribution in [3.63, 3.8) is 0 Å².